The first-order valence-electron chi connectivity index (χ1n) is 6.37. The van der Waals surface area contributed by atoms with Crippen LogP contribution in [0.2, 0.25) is 0 Å². The van der Waals surface area contributed by atoms with E-state index in [0.29, 0.717) is 5.69 Å². The van der Waals surface area contributed by atoms with Crippen LogP contribution in [0.25, 0.3) is 5.69 Å². The topological polar surface area (TPSA) is 84.7 Å². The Morgan fingerprint density at radius 2 is 1.95 bits per heavy atom. The summed E-state index contributed by atoms with van der Waals surface area (Å²) < 4.78 is 14.6. The van der Waals surface area contributed by atoms with Crippen LogP contribution in [-0.4, -0.2) is 25.7 Å². The molecule has 0 aliphatic heterocycles. The van der Waals surface area contributed by atoms with Gasteiger partial charge in [-0.2, -0.15) is 5.10 Å². The minimum atomic E-state index is -0.456. The summed E-state index contributed by atoms with van der Waals surface area (Å²) in [5.41, 5.74) is 5.70. The lowest BCUT2D eigenvalue weighted by atomic mass is 10.3. The number of carbonyl (C=O) groups excluding carboxylic acids is 1. The monoisotopic (exact) mass is 298 g/mol. The minimum Gasteiger partial charge on any atom is -0.266 e. The molecular weight excluding hydrogens is 287 g/mol. The average Bonchev–Trinajstić information content (AvgIpc) is 3.04. The molecule has 8 heteroatoms. The Morgan fingerprint density at radius 3 is 2.73 bits per heavy atom. The molecule has 0 spiro atoms. The van der Waals surface area contributed by atoms with Crippen LogP contribution in [-0.2, 0) is 0 Å². The van der Waals surface area contributed by atoms with Crippen LogP contribution < -0.4 is 10.9 Å². The summed E-state index contributed by atoms with van der Waals surface area (Å²) in [5.74, 6) is -0.565. The Morgan fingerprint density at radius 1 is 1.14 bits per heavy atom. The number of halogens is 1. The molecule has 1 amide bonds. The van der Waals surface area contributed by atoms with E-state index in [2.05, 4.69) is 25.9 Å². The number of hydrazine groups is 1. The van der Waals surface area contributed by atoms with E-state index in [1.165, 1.54) is 22.9 Å². The summed E-state index contributed by atoms with van der Waals surface area (Å²) in [6.45, 7) is 0. The van der Waals surface area contributed by atoms with Gasteiger partial charge in [0.1, 0.15) is 5.82 Å². The number of hydrogen-bond donors (Lipinski definition) is 2. The fraction of sp³-hybridized carbons (Fsp3) is 0. The SMILES string of the molecule is O=C(NNc1ncccn1)c1ccn(-c2cccc(F)c2)n1. The molecule has 0 fully saturated rings. The number of nitrogens with zero attached hydrogens (tertiary/aromatic N) is 4. The number of carbonyl (C=O) groups is 1. The smallest absolute Gasteiger partial charge is 0.266 e. The van der Waals surface area contributed by atoms with Gasteiger partial charge in [0.15, 0.2) is 5.69 Å². The van der Waals surface area contributed by atoms with Crippen molar-refractivity contribution in [1.29, 1.82) is 0 Å². The number of benzene rings is 1. The zero-order valence-electron chi connectivity index (χ0n) is 11.3. The first-order chi connectivity index (χ1) is 10.7. The lowest BCUT2D eigenvalue weighted by Gasteiger charge is -2.04. The van der Waals surface area contributed by atoms with Gasteiger partial charge in [-0.1, -0.05) is 6.07 Å². The standard InChI is InChI=1S/C14H11FN6O/c15-10-3-1-4-11(9-10)21-8-5-12(20-21)13(22)18-19-14-16-6-2-7-17-14/h1-9H,(H,18,22)(H,16,17,19). The quantitative estimate of drug-likeness (QED) is 0.714. The molecule has 0 aliphatic rings. The van der Waals surface area contributed by atoms with E-state index < -0.39 is 5.91 Å². The van der Waals surface area contributed by atoms with Crippen molar-refractivity contribution in [3.63, 3.8) is 0 Å². The molecule has 1 aromatic carbocycles. The third-order valence-corrected chi connectivity index (χ3v) is 2.75. The molecule has 3 rings (SSSR count). The van der Waals surface area contributed by atoms with Gasteiger partial charge < -0.3 is 0 Å². The maximum absolute atomic E-state index is 13.2. The molecule has 0 radical (unpaired) electrons. The third-order valence-electron chi connectivity index (χ3n) is 2.75. The van der Waals surface area contributed by atoms with E-state index >= 15 is 0 Å². The van der Waals surface area contributed by atoms with Crippen LogP contribution >= 0.6 is 0 Å². The van der Waals surface area contributed by atoms with Crippen molar-refractivity contribution in [2.45, 2.75) is 0 Å². The zero-order chi connectivity index (χ0) is 15.4. The van der Waals surface area contributed by atoms with E-state index in [9.17, 15) is 9.18 Å². The zero-order valence-corrected chi connectivity index (χ0v) is 11.3. The highest BCUT2D eigenvalue weighted by atomic mass is 19.1. The highest BCUT2D eigenvalue weighted by Gasteiger charge is 2.10. The Kier molecular flexibility index (Phi) is 3.73. The van der Waals surface area contributed by atoms with Crippen LogP contribution in [0.5, 0.6) is 0 Å². The Balaban J connectivity index is 1.69. The van der Waals surface area contributed by atoms with Gasteiger partial charge in [0, 0.05) is 18.6 Å². The summed E-state index contributed by atoms with van der Waals surface area (Å²) in [6.07, 6.45) is 4.66. The first-order valence-corrected chi connectivity index (χ1v) is 6.37. The fourth-order valence-electron chi connectivity index (χ4n) is 1.75. The molecule has 2 N–H and O–H groups in total. The Labute approximate surface area is 124 Å². The molecule has 2 aromatic heterocycles. The first kappa shape index (κ1) is 13.7. The summed E-state index contributed by atoms with van der Waals surface area (Å²) in [7, 11) is 0. The van der Waals surface area contributed by atoms with Gasteiger partial charge in [-0.15, -0.1) is 0 Å². The molecule has 0 saturated heterocycles. The Hall–Kier alpha value is -3.29. The number of amides is 1. The molecule has 110 valence electrons. The molecule has 2 heterocycles. The van der Waals surface area contributed by atoms with Crippen molar-refractivity contribution >= 4 is 11.9 Å². The Bertz CT molecular complexity index is 789. The number of nitrogens with one attached hydrogen (secondary N) is 2. The molecular formula is C14H11FN6O. The molecule has 0 aliphatic carbocycles. The highest BCUT2D eigenvalue weighted by Crippen LogP contribution is 2.09. The molecule has 7 nitrogen and oxygen atoms in total. The van der Waals surface area contributed by atoms with Gasteiger partial charge in [-0.25, -0.2) is 19.0 Å². The minimum absolute atomic E-state index is 0.174. The number of rotatable bonds is 4. The predicted octanol–water partition coefficient (Wildman–Crippen LogP) is 1.56. The average molecular weight is 298 g/mol. The van der Waals surface area contributed by atoms with Crippen molar-refractivity contribution in [1.82, 2.24) is 25.2 Å². The van der Waals surface area contributed by atoms with Crippen LogP contribution in [0.3, 0.4) is 0 Å². The second-order valence-electron chi connectivity index (χ2n) is 4.28. The van der Waals surface area contributed by atoms with Crippen LogP contribution in [0.15, 0.2) is 55.0 Å². The van der Waals surface area contributed by atoms with Crippen molar-refractivity contribution < 1.29 is 9.18 Å². The largest absolute Gasteiger partial charge is 0.290 e. The van der Waals surface area contributed by atoms with Crippen LogP contribution in [0, 0.1) is 5.82 Å². The van der Waals surface area contributed by atoms with Gasteiger partial charge in [0.2, 0.25) is 5.95 Å². The molecule has 0 atom stereocenters. The van der Waals surface area contributed by atoms with Crippen molar-refractivity contribution in [3.8, 4) is 5.69 Å². The van der Waals surface area contributed by atoms with Crippen LogP contribution in [0.4, 0.5) is 10.3 Å². The van der Waals surface area contributed by atoms with Crippen molar-refractivity contribution in [3.05, 3.63) is 66.5 Å². The molecule has 22 heavy (non-hydrogen) atoms. The van der Waals surface area contributed by atoms with Gasteiger partial charge in [0.25, 0.3) is 5.91 Å². The third kappa shape index (κ3) is 3.06. The van der Waals surface area contributed by atoms with E-state index in [1.807, 2.05) is 0 Å². The van der Waals surface area contributed by atoms with E-state index in [1.54, 1.807) is 36.8 Å². The predicted molar refractivity (Wildman–Crippen MR) is 76.6 cm³/mol. The van der Waals surface area contributed by atoms with Crippen molar-refractivity contribution in [2.24, 2.45) is 0 Å². The molecule has 0 bridgehead atoms. The number of aromatic nitrogens is 4. The summed E-state index contributed by atoms with van der Waals surface area (Å²) in [5, 5.41) is 4.09. The second-order valence-corrected chi connectivity index (χ2v) is 4.28. The molecule has 3 aromatic rings. The normalized spacial score (nSPS) is 10.2. The maximum atomic E-state index is 13.2. The summed E-state index contributed by atoms with van der Waals surface area (Å²) >= 11 is 0. The highest BCUT2D eigenvalue weighted by molar-refractivity contribution is 5.92. The van der Waals surface area contributed by atoms with Crippen molar-refractivity contribution in [2.75, 3.05) is 5.43 Å². The van der Waals surface area contributed by atoms with Gasteiger partial charge in [-0.3, -0.25) is 15.6 Å². The maximum Gasteiger partial charge on any atom is 0.290 e. The van der Waals surface area contributed by atoms with Crippen LogP contribution in [0.1, 0.15) is 10.5 Å². The van der Waals surface area contributed by atoms with Gasteiger partial charge in [0.05, 0.1) is 5.69 Å². The number of anilines is 1. The van der Waals surface area contributed by atoms with E-state index in [4.69, 9.17) is 0 Å². The molecule has 0 unspecified atom stereocenters. The van der Waals surface area contributed by atoms with Gasteiger partial charge in [-0.05, 0) is 30.3 Å². The summed E-state index contributed by atoms with van der Waals surface area (Å²) in [6, 6.07) is 9.10. The van der Waals surface area contributed by atoms with E-state index in [-0.39, 0.29) is 17.5 Å². The lowest BCUT2D eigenvalue weighted by molar-refractivity contribution is 0.0957. The van der Waals surface area contributed by atoms with E-state index in [0.717, 1.165) is 0 Å². The molecule has 0 saturated carbocycles. The lowest BCUT2D eigenvalue weighted by Crippen LogP contribution is -2.30. The second kappa shape index (κ2) is 6.00. The van der Waals surface area contributed by atoms with Gasteiger partial charge >= 0.3 is 0 Å². The number of hydrogen-bond acceptors (Lipinski definition) is 5. The summed E-state index contributed by atoms with van der Waals surface area (Å²) in [4.78, 5) is 19.8. The fourth-order valence-corrected chi connectivity index (χ4v) is 1.75.